The van der Waals surface area contributed by atoms with Crippen molar-refractivity contribution in [2.45, 2.75) is 26.7 Å². The minimum absolute atomic E-state index is 0.0290. The Bertz CT molecular complexity index is 996. The summed E-state index contributed by atoms with van der Waals surface area (Å²) in [6.45, 7) is 5.46. The third kappa shape index (κ3) is 3.60. The van der Waals surface area contributed by atoms with Gasteiger partial charge in [-0.05, 0) is 32.4 Å². The van der Waals surface area contributed by atoms with E-state index in [1.54, 1.807) is 35.9 Å². The van der Waals surface area contributed by atoms with Crippen LogP contribution in [0.25, 0.3) is 11.1 Å². The first-order chi connectivity index (χ1) is 12.8. The third-order valence-corrected chi connectivity index (χ3v) is 4.78. The van der Waals surface area contributed by atoms with E-state index in [-0.39, 0.29) is 11.6 Å². The normalized spacial score (nSPS) is 12.1. The van der Waals surface area contributed by atoms with Crippen LogP contribution in [-0.4, -0.2) is 15.7 Å². The molecule has 0 spiro atoms. The second kappa shape index (κ2) is 7.31. The van der Waals surface area contributed by atoms with Crippen LogP contribution < -0.4 is 5.32 Å². The number of hydrogen-bond acceptors (Lipinski definition) is 2. The zero-order valence-corrected chi connectivity index (χ0v) is 15.7. The summed E-state index contributed by atoms with van der Waals surface area (Å²) in [6, 6.07) is 10.8. The number of anilines is 1. The fourth-order valence-corrected chi connectivity index (χ4v) is 3.33. The van der Waals surface area contributed by atoms with Crippen molar-refractivity contribution in [2.75, 3.05) is 5.32 Å². The molecule has 0 bridgehead atoms. The SMILES string of the molecule is Cc1nn(C)c(C)c1[C@H](C)C(=O)Nc1c(F)cc(F)cc1-c1ccccc1. The van der Waals surface area contributed by atoms with Gasteiger partial charge in [0.05, 0.1) is 17.3 Å². The third-order valence-electron chi connectivity index (χ3n) is 4.78. The zero-order valence-electron chi connectivity index (χ0n) is 15.7. The lowest BCUT2D eigenvalue weighted by Crippen LogP contribution is -2.21. The van der Waals surface area contributed by atoms with Gasteiger partial charge in [-0.25, -0.2) is 8.78 Å². The summed E-state index contributed by atoms with van der Waals surface area (Å²) in [5.41, 5.74) is 3.32. The first kappa shape index (κ1) is 18.8. The van der Waals surface area contributed by atoms with Gasteiger partial charge >= 0.3 is 0 Å². The molecule has 1 atom stereocenters. The lowest BCUT2D eigenvalue weighted by molar-refractivity contribution is -0.117. The van der Waals surface area contributed by atoms with E-state index in [1.165, 1.54) is 6.07 Å². The molecule has 140 valence electrons. The molecule has 1 aromatic heterocycles. The topological polar surface area (TPSA) is 46.9 Å². The monoisotopic (exact) mass is 369 g/mol. The summed E-state index contributed by atoms with van der Waals surface area (Å²) in [6.07, 6.45) is 0. The van der Waals surface area contributed by atoms with E-state index < -0.39 is 17.6 Å². The quantitative estimate of drug-likeness (QED) is 0.723. The Balaban J connectivity index is 1.99. The highest BCUT2D eigenvalue weighted by atomic mass is 19.1. The van der Waals surface area contributed by atoms with E-state index in [0.717, 1.165) is 23.0 Å². The highest BCUT2D eigenvalue weighted by Gasteiger charge is 2.24. The molecule has 2 aromatic carbocycles. The van der Waals surface area contributed by atoms with Gasteiger partial charge in [0.1, 0.15) is 11.6 Å². The maximum atomic E-state index is 14.5. The van der Waals surface area contributed by atoms with Gasteiger partial charge in [0.2, 0.25) is 5.91 Å². The Labute approximate surface area is 156 Å². The summed E-state index contributed by atoms with van der Waals surface area (Å²) in [7, 11) is 1.81. The number of aromatic nitrogens is 2. The highest BCUT2D eigenvalue weighted by Crippen LogP contribution is 2.33. The highest BCUT2D eigenvalue weighted by molar-refractivity contribution is 5.99. The van der Waals surface area contributed by atoms with Crippen LogP contribution in [0.3, 0.4) is 0 Å². The number of carbonyl (C=O) groups excluding carboxylic acids is 1. The van der Waals surface area contributed by atoms with Crippen LogP contribution in [0.5, 0.6) is 0 Å². The first-order valence-corrected chi connectivity index (χ1v) is 8.65. The Hall–Kier alpha value is -3.02. The summed E-state index contributed by atoms with van der Waals surface area (Å²) >= 11 is 0. The minimum atomic E-state index is -0.811. The summed E-state index contributed by atoms with van der Waals surface area (Å²) in [4.78, 5) is 12.8. The van der Waals surface area contributed by atoms with Crippen molar-refractivity contribution >= 4 is 11.6 Å². The molecule has 0 aliphatic heterocycles. The number of halogens is 2. The number of nitrogens with zero attached hydrogens (tertiary/aromatic N) is 2. The zero-order chi connectivity index (χ0) is 19.7. The molecular formula is C21H21F2N3O. The van der Waals surface area contributed by atoms with Crippen molar-refractivity contribution in [3.8, 4) is 11.1 Å². The van der Waals surface area contributed by atoms with Crippen molar-refractivity contribution in [3.05, 3.63) is 71.1 Å². The lowest BCUT2D eigenvalue weighted by atomic mass is 9.97. The standard InChI is InChI=1S/C21H21F2N3O/c1-12(19-13(2)25-26(4)14(19)3)21(27)24-20-17(10-16(22)11-18(20)23)15-8-6-5-7-9-15/h5-12H,1-4H3,(H,24,27)/t12-/m0/s1. The molecule has 0 fully saturated rings. The van der Waals surface area contributed by atoms with Crippen molar-refractivity contribution in [1.29, 1.82) is 0 Å². The van der Waals surface area contributed by atoms with E-state index >= 15 is 0 Å². The van der Waals surface area contributed by atoms with Gasteiger partial charge in [-0.1, -0.05) is 30.3 Å². The molecule has 6 heteroatoms. The first-order valence-electron chi connectivity index (χ1n) is 8.65. The average Bonchev–Trinajstić information content (AvgIpc) is 2.89. The van der Waals surface area contributed by atoms with Crippen LogP contribution >= 0.6 is 0 Å². The van der Waals surface area contributed by atoms with Gasteiger partial charge in [0.15, 0.2) is 0 Å². The van der Waals surface area contributed by atoms with Crippen molar-refractivity contribution in [3.63, 3.8) is 0 Å². The Morgan fingerprint density at radius 2 is 1.81 bits per heavy atom. The fourth-order valence-electron chi connectivity index (χ4n) is 3.33. The summed E-state index contributed by atoms with van der Waals surface area (Å²) < 4.78 is 30.0. The Kier molecular flexibility index (Phi) is 5.08. The number of benzene rings is 2. The maximum Gasteiger partial charge on any atom is 0.231 e. The molecule has 0 aliphatic carbocycles. The van der Waals surface area contributed by atoms with Gasteiger partial charge < -0.3 is 5.32 Å². The van der Waals surface area contributed by atoms with E-state index in [4.69, 9.17) is 0 Å². The van der Waals surface area contributed by atoms with Crippen LogP contribution in [0, 0.1) is 25.5 Å². The number of amides is 1. The molecule has 0 saturated heterocycles. The van der Waals surface area contributed by atoms with E-state index in [2.05, 4.69) is 10.4 Å². The predicted octanol–water partition coefficient (Wildman–Crippen LogP) is 4.72. The number of hydrogen-bond donors (Lipinski definition) is 1. The lowest BCUT2D eigenvalue weighted by Gasteiger charge is -2.17. The molecular weight excluding hydrogens is 348 g/mol. The molecule has 1 amide bonds. The largest absolute Gasteiger partial charge is 0.323 e. The fraction of sp³-hybridized carbons (Fsp3) is 0.238. The number of nitrogens with one attached hydrogen (secondary N) is 1. The number of carbonyl (C=O) groups is 1. The van der Waals surface area contributed by atoms with Crippen molar-refractivity contribution in [1.82, 2.24) is 9.78 Å². The number of aryl methyl sites for hydroxylation is 2. The van der Waals surface area contributed by atoms with Gasteiger partial charge in [0, 0.05) is 29.9 Å². The molecule has 27 heavy (non-hydrogen) atoms. The average molecular weight is 369 g/mol. The maximum absolute atomic E-state index is 14.5. The van der Waals surface area contributed by atoms with Crippen LogP contribution in [0.2, 0.25) is 0 Å². The Morgan fingerprint density at radius 1 is 1.15 bits per heavy atom. The van der Waals surface area contributed by atoms with Gasteiger partial charge in [-0.3, -0.25) is 9.48 Å². The van der Waals surface area contributed by atoms with E-state index in [0.29, 0.717) is 11.1 Å². The minimum Gasteiger partial charge on any atom is -0.323 e. The van der Waals surface area contributed by atoms with Crippen molar-refractivity contribution < 1.29 is 13.6 Å². The Morgan fingerprint density at radius 3 is 2.41 bits per heavy atom. The molecule has 1 heterocycles. The molecule has 4 nitrogen and oxygen atoms in total. The molecule has 0 aliphatic rings. The molecule has 0 unspecified atom stereocenters. The van der Waals surface area contributed by atoms with Crippen molar-refractivity contribution in [2.24, 2.45) is 7.05 Å². The van der Waals surface area contributed by atoms with Gasteiger partial charge in [0.25, 0.3) is 0 Å². The molecule has 3 rings (SSSR count). The molecule has 0 saturated carbocycles. The molecule has 1 N–H and O–H groups in total. The van der Waals surface area contributed by atoms with E-state index in [9.17, 15) is 13.6 Å². The van der Waals surface area contributed by atoms with Crippen LogP contribution in [0.4, 0.5) is 14.5 Å². The van der Waals surface area contributed by atoms with Crippen LogP contribution in [-0.2, 0) is 11.8 Å². The van der Waals surface area contributed by atoms with Crippen LogP contribution in [0.15, 0.2) is 42.5 Å². The van der Waals surface area contributed by atoms with Gasteiger partial charge in [-0.2, -0.15) is 5.10 Å². The molecule has 3 aromatic rings. The second-order valence-electron chi connectivity index (χ2n) is 6.60. The summed E-state index contributed by atoms with van der Waals surface area (Å²) in [5, 5.41) is 6.98. The van der Waals surface area contributed by atoms with Crippen LogP contribution in [0.1, 0.15) is 29.8 Å². The summed E-state index contributed by atoms with van der Waals surface area (Å²) in [5.74, 6) is -2.42. The molecule has 0 radical (unpaired) electrons. The van der Waals surface area contributed by atoms with Gasteiger partial charge in [-0.15, -0.1) is 0 Å². The number of rotatable bonds is 4. The van der Waals surface area contributed by atoms with E-state index in [1.807, 2.05) is 27.0 Å². The predicted molar refractivity (Wildman–Crippen MR) is 102 cm³/mol. The smallest absolute Gasteiger partial charge is 0.231 e. The second-order valence-corrected chi connectivity index (χ2v) is 6.60.